The smallest absolute Gasteiger partial charge is 0.243 e. The van der Waals surface area contributed by atoms with E-state index in [1.807, 2.05) is 19.1 Å². The molecular weight excluding hydrogens is 483 g/mol. The molecule has 0 fully saturated rings. The maximum absolute atomic E-state index is 13.3. The highest BCUT2D eigenvalue weighted by molar-refractivity contribution is 7.89. The second kappa shape index (κ2) is 11.0. The van der Waals surface area contributed by atoms with Crippen LogP contribution in [-0.2, 0) is 21.4 Å². The highest BCUT2D eigenvalue weighted by atomic mass is 35.5. The monoisotopic (exact) mass is 506 g/mol. The van der Waals surface area contributed by atoms with Crippen LogP contribution in [0.15, 0.2) is 77.7 Å². The van der Waals surface area contributed by atoms with E-state index in [4.69, 9.17) is 27.9 Å². The molecular formula is C24H24Cl2N2O4S. The van der Waals surface area contributed by atoms with E-state index in [9.17, 15) is 13.2 Å². The van der Waals surface area contributed by atoms with Crippen molar-refractivity contribution in [2.24, 2.45) is 0 Å². The third-order valence-electron chi connectivity index (χ3n) is 5.06. The summed E-state index contributed by atoms with van der Waals surface area (Å²) in [6.45, 7) is 1.36. The van der Waals surface area contributed by atoms with Crippen molar-refractivity contribution >= 4 is 39.1 Å². The highest BCUT2D eigenvalue weighted by Crippen LogP contribution is 2.25. The molecule has 3 aromatic carbocycles. The predicted octanol–water partition coefficient (Wildman–Crippen LogP) is 5.07. The number of methoxy groups -OCH3 is 1. The van der Waals surface area contributed by atoms with E-state index >= 15 is 0 Å². The SMILES string of the molecule is COc1ccc([C@@H](C)NC(=O)CN(Cc2ccc(Cl)cc2Cl)S(=O)(=O)c2ccccc2)cc1. The Morgan fingerprint density at radius 1 is 1.03 bits per heavy atom. The molecule has 0 aliphatic carbocycles. The molecule has 0 aromatic heterocycles. The fourth-order valence-electron chi connectivity index (χ4n) is 3.23. The lowest BCUT2D eigenvalue weighted by molar-refractivity contribution is -0.122. The predicted molar refractivity (Wildman–Crippen MR) is 130 cm³/mol. The zero-order chi connectivity index (χ0) is 24.0. The second-order valence-electron chi connectivity index (χ2n) is 7.38. The fourth-order valence-corrected chi connectivity index (χ4v) is 5.09. The van der Waals surface area contributed by atoms with Crippen molar-refractivity contribution in [3.05, 3.63) is 94.0 Å². The largest absolute Gasteiger partial charge is 0.497 e. The van der Waals surface area contributed by atoms with E-state index in [0.717, 1.165) is 9.87 Å². The van der Waals surface area contributed by atoms with Crippen molar-refractivity contribution in [3.63, 3.8) is 0 Å². The molecule has 0 saturated heterocycles. The molecule has 1 atom stereocenters. The Labute approximate surface area is 204 Å². The van der Waals surface area contributed by atoms with Crippen molar-refractivity contribution in [3.8, 4) is 5.75 Å². The van der Waals surface area contributed by atoms with Crippen LogP contribution in [0.3, 0.4) is 0 Å². The lowest BCUT2D eigenvalue weighted by Gasteiger charge is -2.24. The van der Waals surface area contributed by atoms with Gasteiger partial charge in [-0.2, -0.15) is 4.31 Å². The van der Waals surface area contributed by atoms with Crippen molar-refractivity contribution in [2.75, 3.05) is 13.7 Å². The van der Waals surface area contributed by atoms with Crippen LogP contribution in [0, 0.1) is 0 Å². The number of carbonyl (C=O) groups excluding carboxylic acids is 1. The summed E-state index contributed by atoms with van der Waals surface area (Å²) in [4.78, 5) is 13.0. The Hall–Kier alpha value is -2.58. The number of amides is 1. The summed E-state index contributed by atoms with van der Waals surface area (Å²) < 4.78 is 32.9. The first-order chi connectivity index (χ1) is 15.7. The molecule has 0 aliphatic heterocycles. The quantitative estimate of drug-likeness (QED) is 0.439. The van der Waals surface area contributed by atoms with Crippen LogP contribution in [0.5, 0.6) is 5.75 Å². The first kappa shape index (κ1) is 25.1. The van der Waals surface area contributed by atoms with Gasteiger partial charge in [0.05, 0.1) is 24.6 Å². The average Bonchev–Trinajstić information content (AvgIpc) is 2.80. The molecule has 0 unspecified atom stereocenters. The maximum atomic E-state index is 13.3. The van der Waals surface area contributed by atoms with Gasteiger partial charge in [-0.3, -0.25) is 4.79 Å². The van der Waals surface area contributed by atoms with E-state index in [1.54, 1.807) is 49.6 Å². The lowest BCUT2D eigenvalue weighted by atomic mass is 10.1. The van der Waals surface area contributed by atoms with Gasteiger partial charge in [0.2, 0.25) is 15.9 Å². The van der Waals surface area contributed by atoms with Crippen molar-refractivity contribution in [1.29, 1.82) is 0 Å². The summed E-state index contributed by atoms with van der Waals surface area (Å²) in [5.41, 5.74) is 1.40. The van der Waals surface area contributed by atoms with E-state index in [-0.39, 0.29) is 24.0 Å². The minimum Gasteiger partial charge on any atom is -0.497 e. The Morgan fingerprint density at radius 2 is 1.70 bits per heavy atom. The van der Waals surface area contributed by atoms with Gasteiger partial charge in [-0.25, -0.2) is 8.42 Å². The summed E-state index contributed by atoms with van der Waals surface area (Å²) in [5, 5.41) is 3.62. The number of hydrogen-bond acceptors (Lipinski definition) is 4. The number of ether oxygens (including phenoxy) is 1. The van der Waals surface area contributed by atoms with Crippen LogP contribution in [0.1, 0.15) is 24.1 Å². The molecule has 3 rings (SSSR count). The van der Waals surface area contributed by atoms with Gasteiger partial charge in [0.1, 0.15) is 5.75 Å². The van der Waals surface area contributed by atoms with Crippen molar-refractivity contribution < 1.29 is 17.9 Å². The highest BCUT2D eigenvalue weighted by Gasteiger charge is 2.28. The number of nitrogens with zero attached hydrogens (tertiary/aromatic N) is 1. The standard InChI is InChI=1S/C24H24Cl2N2O4S/c1-17(18-9-12-21(32-2)13-10-18)27-24(29)16-28(15-19-8-11-20(25)14-23(19)26)33(30,31)22-6-4-3-5-7-22/h3-14,17H,15-16H2,1-2H3,(H,27,29)/t17-/m1/s1. The topological polar surface area (TPSA) is 75.7 Å². The van der Waals surface area contributed by atoms with E-state index in [0.29, 0.717) is 21.4 Å². The first-order valence-electron chi connectivity index (χ1n) is 10.1. The summed E-state index contributed by atoms with van der Waals surface area (Å²) in [5.74, 6) is 0.264. The Morgan fingerprint density at radius 3 is 2.30 bits per heavy atom. The summed E-state index contributed by atoms with van der Waals surface area (Å²) in [6.07, 6.45) is 0. The fraction of sp³-hybridized carbons (Fsp3) is 0.208. The Balaban J connectivity index is 1.83. The van der Waals surface area contributed by atoms with Crippen LogP contribution >= 0.6 is 23.2 Å². The van der Waals surface area contributed by atoms with Gasteiger partial charge < -0.3 is 10.1 Å². The van der Waals surface area contributed by atoms with Gasteiger partial charge >= 0.3 is 0 Å². The number of halogens is 2. The van der Waals surface area contributed by atoms with Gasteiger partial charge in [0.25, 0.3) is 0 Å². The number of rotatable bonds is 9. The molecule has 0 saturated carbocycles. The minimum atomic E-state index is -3.97. The summed E-state index contributed by atoms with van der Waals surface area (Å²) in [6, 6.07) is 19.7. The van der Waals surface area contributed by atoms with E-state index in [1.165, 1.54) is 18.2 Å². The molecule has 0 spiro atoms. The molecule has 0 aliphatic rings. The molecule has 9 heteroatoms. The lowest BCUT2D eigenvalue weighted by Crippen LogP contribution is -2.41. The van der Waals surface area contributed by atoms with Crippen LogP contribution in [-0.4, -0.2) is 32.3 Å². The number of nitrogens with one attached hydrogen (secondary N) is 1. The maximum Gasteiger partial charge on any atom is 0.243 e. The second-order valence-corrected chi connectivity index (χ2v) is 10.2. The number of carbonyl (C=O) groups is 1. The number of sulfonamides is 1. The van der Waals surface area contributed by atoms with Crippen LogP contribution < -0.4 is 10.1 Å². The van der Waals surface area contributed by atoms with Crippen LogP contribution in [0.4, 0.5) is 0 Å². The molecule has 1 N–H and O–H groups in total. The molecule has 1 amide bonds. The third kappa shape index (κ3) is 6.48. The molecule has 0 radical (unpaired) electrons. The van der Waals surface area contributed by atoms with E-state index < -0.39 is 15.9 Å². The molecule has 33 heavy (non-hydrogen) atoms. The molecule has 0 bridgehead atoms. The zero-order valence-electron chi connectivity index (χ0n) is 18.2. The number of benzene rings is 3. The third-order valence-corrected chi connectivity index (χ3v) is 7.45. The zero-order valence-corrected chi connectivity index (χ0v) is 20.5. The summed E-state index contributed by atoms with van der Waals surface area (Å²) in [7, 11) is -2.39. The summed E-state index contributed by atoms with van der Waals surface area (Å²) >= 11 is 12.2. The number of hydrogen-bond donors (Lipinski definition) is 1. The van der Waals surface area contributed by atoms with Crippen molar-refractivity contribution in [1.82, 2.24) is 9.62 Å². The van der Waals surface area contributed by atoms with Gasteiger partial charge in [-0.15, -0.1) is 0 Å². The van der Waals surface area contributed by atoms with Gasteiger partial charge in [-0.05, 0) is 54.4 Å². The van der Waals surface area contributed by atoms with Crippen LogP contribution in [0.25, 0.3) is 0 Å². The van der Waals surface area contributed by atoms with Crippen molar-refractivity contribution in [2.45, 2.75) is 24.4 Å². The Kier molecular flexibility index (Phi) is 8.37. The molecule has 174 valence electrons. The first-order valence-corrected chi connectivity index (χ1v) is 12.3. The molecule has 3 aromatic rings. The van der Waals surface area contributed by atoms with Gasteiger partial charge in [0.15, 0.2) is 0 Å². The van der Waals surface area contributed by atoms with Gasteiger partial charge in [0, 0.05) is 16.6 Å². The normalized spacial score (nSPS) is 12.4. The van der Waals surface area contributed by atoms with E-state index in [2.05, 4.69) is 5.32 Å². The van der Waals surface area contributed by atoms with Gasteiger partial charge in [-0.1, -0.05) is 59.6 Å². The Bertz CT molecular complexity index is 1200. The molecule has 0 heterocycles. The minimum absolute atomic E-state index is 0.0857. The molecule has 6 nitrogen and oxygen atoms in total. The van der Waals surface area contributed by atoms with Crippen LogP contribution in [0.2, 0.25) is 10.0 Å². The average molecular weight is 507 g/mol.